The highest BCUT2D eigenvalue weighted by Crippen LogP contribution is 2.35. The summed E-state index contributed by atoms with van der Waals surface area (Å²) in [6, 6.07) is 15.4. The molecule has 2 aromatic rings. The largest absolute Gasteiger partial charge is 0.508 e. The fraction of sp³-hybridized carbons (Fsp3) is 0.520. The molecule has 1 heterocycles. The van der Waals surface area contributed by atoms with Crippen molar-refractivity contribution >= 4 is 10.0 Å². The third-order valence-corrected chi connectivity index (χ3v) is 8.69. The molecule has 32 heavy (non-hydrogen) atoms. The van der Waals surface area contributed by atoms with Crippen LogP contribution in [0.25, 0.3) is 0 Å². The zero-order valence-electron chi connectivity index (χ0n) is 19.9. The molecule has 3 atom stereocenters. The number of piperazine rings is 1. The van der Waals surface area contributed by atoms with Gasteiger partial charge in [0.2, 0.25) is 10.0 Å². The van der Waals surface area contributed by atoms with Crippen molar-refractivity contribution in [2.75, 3.05) is 32.7 Å². The summed E-state index contributed by atoms with van der Waals surface area (Å²) in [6.45, 7) is 14.2. The molecule has 0 bridgehead atoms. The number of nitrogens with zero attached hydrogens (tertiary/aromatic N) is 3. The Morgan fingerprint density at radius 2 is 1.62 bits per heavy atom. The van der Waals surface area contributed by atoms with Crippen molar-refractivity contribution in [2.24, 2.45) is 0 Å². The smallest absolute Gasteiger partial charge is 0.243 e. The Hall–Kier alpha value is -1.93. The van der Waals surface area contributed by atoms with Crippen LogP contribution in [-0.2, 0) is 10.0 Å². The average Bonchev–Trinajstić information content (AvgIpc) is 2.77. The summed E-state index contributed by atoms with van der Waals surface area (Å²) in [5.41, 5.74) is 2.03. The molecule has 0 aliphatic carbocycles. The topological polar surface area (TPSA) is 64.1 Å². The molecule has 1 N–H and O–H groups in total. The van der Waals surface area contributed by atoms with Gasteiger partial charge in [0, 0.05) is 38.3 Å². The predicted molar refractivity (Wildman–Crippen MR) is 129 cm³/mol. The Morgan fingerprint density at radius 3 is 2.19 bits per heavy atom. The van der Waals surface area contributed by atoms with Crippen molar-refractivity contribution in [1.82, 2.24) is 14.1 Å². The third kappa shape index (κ3) is 5.01. The van der Waals surface area contributed by atoms with E-state index < -0.39 is 10.0 Å². The Balaban J connectivity index is 2.01. The molecule has 3 rings (SSSR count). The van der Waals surface area contributed by atoms with Crippen LogP contribution in [0.3, 0.4) is 0 Å². The Morgan fingerprint density at radius 1 is 0.969 bits per heavy atom. The van der Waals surface area contributed by atoms with Gasteiger partial charge in [-0.1, -0.05) is 45.0 Å². The van der Waals surface area contributed by atoms with Gasteiger partial charge in [0.1, 0.15) is 5.75 Å². The molecule has 0 saturated carbocycles. The van der Waals surface area contributed by atoms with Gasteiger partial charge in [-0.05, 0) is 55.8 Å². The number of benzene rings is 2. The highest BCUT2D eigenvalue weighted by Gasteiger charge is 2.34. The fourth-order valence-corrected chi connectivity index (χ4v) is 6.29. The molecule has 6 nitrogen and oxygen atoms in total. The molecule has 1 aliphatic heterocycles. The second-order valence-corrected chi connectivity index (χ2v) is 10.6. The molecule has 176 valence electrons. The van der Waals surface area contributed by atoms with E-state index in [0.717, 1.165) is 30.8 Å². The van der Waals surface area contributed by atoms with Crippen LogP contribution < -0.4 is 0 Å². The minimum Gasteiger partial charge on any atom is -0.508 e. The Labute approximate surface area is 193 Å². The molecule has 0 amide bonds. The van der Waals surface area contributed by atoms with Crippen molar-refractivity contribution < 1.29 is 13.5 Å². The lowest BCUT2D eigenvalue weighted by Gasteiger charge is -2.47. The first-order valence-electron chi connectivity index (χ1n) is 11.6. The molecular weight excluding hydrogens is 422 g/mol. The number of hydrogen-bond donors (Lipinski definition) is 1. The lowest BCUT2D eigenvalue weighted by atomic mass is 9.93. The number of rotatable bonds is 8. The molecule has 1 fully saturated rings. The van der Waals surface area contributed by atoms with E-state index in [4.69, 9.17) is 0 Å². The van der Waals surface area contributed by atoms with Gasteiger partial charge in [-0.15, -0.1) is 0 Å². The third-order valence-electron chi connectivity index (χ3n) is 6.63. The standard InChI is InChI=1S/C25H37N3O3S/c1-6-26-17-20(5)28(18-19(26)4)25(22-10-9-11-23(29)16-22)21-12-14-24(15-13-21)32(30,31)27(7-2)8-3/h9-16,19-20,25,29H,6-8,17-18H2,1-5H3/t19-,20+,25-/m1/s1. The van der Waals surface area contributed by atoms with E-state index in [1.807, 2.05) is 44.2 Å². The second-order valence-electron chi connectivity index (χ2n) is 8.64. The Bertz CT molecular complexity index is 990. The van der Waals surface area contributed by atoms with Gasteiger partial charge in [0.15, 0.2) is 0 Å². The van der Waals surface area contributed by atoms with Crippen LogP contribution in [0.4, 0.5) is 0 Å². The molecular formula is C25H37N3O3S. The van der Waals surface area contributed by atoms with Crippen molar-refractivity contribution in [3.05, 3.63) is 59.7 Å². The zero-order chi connectivity index (χ0) is 23.5. The zero-order valence-corrected chi connectivity index (χ0v) is 20.7. The first kappa shape index (κ1) is 24.7. The number of phenolic OH excluding ortho intramolecular Hbond substituents is 1. The van der Waals surface area contributed by atoms with E-state index in [-0.39, 0.29) is 11.8 Å². The second kappa shape index (κ2) is 10.3. The Kier molecular flexibility index (Phi) is 7.98. The van der Waals surface area contributed by atoms with Crippen molar-refractivity contribution in [2.45, 2.75) is 57.6 Å². The van der Waals surface area contributed by atoms with E-state index in [9.17, 15) is 13.5 Å². The summed E-state index contributed by atoms with van der Waals surface area (Å²) in [4.78, 5) is 5.27. The molecule has 0 unspecified atom stereocenters. The van der Waals surface area contributed by atoms with E-state index >= 15 is 0 Å². The fourth-order valence-electron chi connectivity index (χ4n) is 4.83. The van der Waals surface area contributed by atoms with E-state index in [2.05, 4.69) is 30.6 Å². The number of aromatic hydroxyl groups is 1. The maximum atomic E-state index is 12.9. The number of phenols is 1. The summed E-state index contributed by atoms with van der Waals surface area (Å²) < 4.78 is 27.3. The van der Waals surface area contributed by atoms with Crippen LogP contribution in [0, 0.1) is 0 Å². The maximum Gasteiger partial charge on any atom is 0.243 e. The van der Waals surface area contributed by atoms with Crippen LogP contribution in [0.5, 0.6) is 5.75 Å². The lowest BCUT2D eigenvalue weighted by molar-refractivity contribution is 0.0270. The molecule has 1 saturated heterocycles. The number of likely N-dealkylation sites (N-methyl/N-ethyl adjacent to an activating group) is 1. The minimum atomic E-state index is -3.50. The monoisotopic (exact) mass is 459 g/mol. The van der Waals surface area contributed by atoms with Gasteiger partial charge < -0.3 is 5.11 Å². The molecule has 0 spiro atoms. The summed E-state index contributed by atoms with van der Waals surface area (Å²) in [6.07, 6.45) is 0. The van der Waals surface area contributed by atoms with E-state index in [1.165, 1.54) is 4.31 Å². The van der Waals surface area contributed by atoms with Crippen molar-refractivity contribution in [3.63, 3.8) is 0 Å². The molecule has 0 aromatic heterocycles. The van der Waals surface area contributed by atoms with Gasteiger partial charge in [0.05, 0.1) is 10.9 Å². The maximum absolute atomic E-state index is 12.9. The highest BCUT2D eigenvalue weighted by atomic mass is 32.2. The first-order chi connectivity index (χ1) is 15.2. The van der Waals surface area contributed by atoms with E-state index in [0.29, 0.717) is 30.1 Å². The number of hydrogen-bond acceptors (Lipinski definition) is 5. The highest BCUT2D eigenvalue weighted by molar-refractivity contribution is 7.89. The van der Waals surface area contributed by atoms with Crippen LogP contribution in [0.1, 0.15) is 51.8 Å². The SMILES string of the molecule is CCN1C[C@H](C)N([C@H](c2ccc(S(=O)(=O)N(CC)CC)cc2)c2cccc(O)c2)C[C@H]1C. The summed E-state index contributed by atoms with van der Waals surface area (Å²) in [5, 5.41) is 10.2. The lowest BCUT2D eigenvalue weighted by Crippen LogP contribution is -2.57. The van der Waals surface area contributed by atoms with Crippen LogP contribution >= 0.6 is 0 Å². The van der Waals surface area contributed by atoms with Crippen molar-refractivity contribution in [1.29, 1.82) is 0 Å². The van der Waals surface area contributed by atoms with E-state index in [1.54, 1.807) is 18.2 Å². The van der Waals surface area contributed by atoms with Crippen molar-refractivity contribution in [3.8, 4) is 5.75 Å². The molecule has 7 heteroatoms. The number of sulfonamides is 1. The minimum absolute atomic E-state index is 0.0660. The summed E-state index contributed by atoms with van der Waals surface area (Å²) >= 11 is 0. The van der Waals surface area contributed by atoms with Gasteiger partial charge in [-0.2, -0.15) is 4.31 Å². The quantitative estimate of drug-likeness (QED) is 0.648. The van der Waals surface area contributed by atoms with Gasteiger partial charge in [-0.25, -0.2) is 8.42 Å². The normalized spacial score (nSPS) is 21.7. The average molecular weight is 460 g/mol. The molecule has 1 aliphatic rings. The van der Waals surface area contributed by atoms with Gasteiger partial charge in [0.25, 0.3) is 0 Å². The van der Waals surface area contributed by atoms with Crippen LogP contribution in [-0.4, -0.2) is 72.4 Å². The van der Waals surface area contributed by atoms with Crippen LogP contribution in [0.15, 0.2) is 53.4 Å². The van der Waals surface area contributed by atoms with Gasteiger partial charge in [-0.3, -0.25) is 9.80 Å². The molecule has 2 aromatic carbocycles. The summed E-state index contributed by atoms with van der Waals surface area (Å²) in [7, 11) is -3.50. The molecule has 0 radical (unpaired) electrons. The first-order valence-corrected chi connectivity index (χ1v) is 13.1. The van der Waals surface area contributed by atoms with Gasteiger partial charge >= 0.3 is 0 Å². The summed E-state index contributed by atoms with van der Waals surface area (Å²) in [5.74, 6) is 0.237. The van der Waals surface area contributed by atoms with Crippen LogP contribution in [0.2, 0.25) is 0 Å². The predicted octanol–water partition coefficient (Wildman–Crippen LogP) is 3.93.